The van der Waals surface area contributed by atoms with Crippen molar-refractivity contribution < 1.29 is 37.7 Å². The van der Waals surface area contributed by atoms with E-state index >= 15 is 0 Å². The standard InChI is InChI=1S/C29H40O8S/c1-5-36-26(32)20-38(34,35)21-28(2,3)15-10-16-29(4,24-14-9-13-23(17-24)25(31)18-30)27(33)37-19-22-11-7-6-8-12-22/h6-9,11-14,17,25,30-31H,5,10,15-16,18-21H2,1-4H3. The van der Waals surface area contributed by atoms with E-state index in [9.17, 15) is 28.2 Å². The molecule has 0 saturated carbocycles. The number of hydrogen-bond acceptors (Lipinski definition) is 8. The van der Waals surface area contributed by atoms with Crippen molar-refractivity contribution in [3.05, 3.63) is 71.3 Å². The SMILES string of the molecule is CCOC(=O)CS(=O)(=O)CC(C)(C)CCCC(C)(C(=O)OCc1ccccc1)c1cccc(C(O)CO)c1. The van der Waals surface area contributed by atoms with E-state index in [-0.39, 0.29) is 19.0 Å². The van der Waals surface area contributed by atoms with Crippen LogP contribution in [0.15, 0.2) is 54.6 Å². The van der Waals surface area contributed by atoms with Crippen LogP contribution >= 0.6 is 0 Å². The van der Waals surface area contributed by atoms with E-state index in [0.29, 0.717) is 30.4 Å². The maximum absolute atomic E-state index is 13.5. The molecule has 2 N–H and O–H groups in total. The number of rotatable bonds is 15. The summed E-state index contributed by atoms with van der Waals surface area (Å²) in [6, 6.07) is 16.2. The van der Waals surface area contributed by atoms with Crippen LogP contribution in [-0.2, 0) is 40.9 Å². The Morgan fingerprint density at radius 1 is 0.974 bits per heavy atom. The van der Waals surface area contributed by atoms with E-state index in [0.717, 1.165) is 5.56 Å². The summed E-state index contributed by atoms with van der Waals surface area (Å²) in [6.07, 6.45) is 0.269. The van der Waals surface area contributed by atoms with Crippen LogP contribution in [-0.4, -0.2) is 55.3 Å². The lowest BCUT2D eigenvalue weighted by molar-refractivity contribution is -0.152. The van der Waals surface area contributed by atoms with Gasteiger partial charge < -0.3 is 19.7 Å². The zero-order valence-corrected chi connectivity index (χ0v) is 23.5. The molecule has 38 heavy (non-hydrogen) atoms. The molecule has 0 aliphatic carbocycles. The lowest BCUT2D eigenvalue weighted by atomic mass is 9.75. The van der Waals surface area contributed by atoms with Gasteiger partial charge in [0, 0.05) is 0 Å². The highest BCUT2D eigenvalue weighted by atomic mass is 32.2. The van der Waals surface area contributed by atoms with Gasteiger partial charge in [-0.1, -0.05) is 74.9 Å². The topological polar surface area (TPSA) is 127 Å². The molecular weight excluding hydrogens is 508 g/mol. The number of sulfone groups is 1. The average Bonchev–Trinajstić information content (AvgIpc) is 2.86. The summed E-state index contributed by atoms with van der Waals surface area (Å²) >= 11 is 0. The van der Waals surface area contributed by atoms with Gasteiger partial charge in [-0.05, 0) is 48.8 Å². The van der Waals surface area contributed by atoms with Gasteiger partial charge in [0.25, 0.3) is 0 Å². The Labute approximate surface area is 225 Å². The molecule has 0 amide bonds. The first-order valence-electron chi connectivity index (χ1n) is 12.8. The zero-order chi connectivity index (χ0) is 28.4. The molecule has 0 aliphatic heterocycles. The normalized spacial score (nSPS) is 14.4. The van der Waals surface area contributed by atoms with E-state index in [1.807, 2.05) is 44.2 Å². The van der Waals surface area contributed by atoms with Crippen molar-refractivity contribution in [2.45, 2.75) is 65.1 Å². The van der Waals surface area contributed by atoms with Gasteiger partial charge in [0.1, 0.15) is 18.5 Å². The third-order valence-electron chi connectivity index (χ3n) is 6.53. The Morgan fingerprint density at radius 2 is 1.66 bits per heavy atom. The summed E-state index contributed by atoms with van der Waals surface area (Å²) in [7, 11) is -3.67. The molecule has 0 bridgehead atoms. The van der Waals surface area contributed by atoms with Crippen molar-refractivity contribution in [2.24, 2.45) is 5.41 Å². The molecule has 9 heteroatoms. The highest BCUT2D eigenvalue weighted by molar-refractivity contribution is 7.92. The van der Waals surface area contributed by atoms with Crippen LogP contribution in [0.1, 0.15) is 69.8 Å². The predicted octanol–water partition coefficient (Wildman–Crippen LogP) is 3.89. The number of esters is 2. The second kappa shape index (κ2) is 13.9. The largest absolute Gasteiger partial charge is 0.465 e. The van der Waals surface area contributed by atoms with Gasteiger partial charge in [-0.25, -0.2) is 8.42 Å². The molecule has 0 heterocycles. The fraction of sp³-hybridized carbons (Fsp3) is 0.517. The van der Waals surface area contributed by atoms with Gasteiger partial charge in [-0.3, -0.25) is 9.59 Å². The number of benzene rings is 2. The minimum atomic E-state index is -3.67. The Balaban J connectivity index is 2.20. The molecule has 2 aromatic rings. The first-order chi connectivity index (χ1) is 17.8. The number of ether oxygens (including phenoxy) is 2. The molecule has 2 atom stereocenters. The molecule has 0 saturated heterocycles. The Morgan fingerprint density at radius 3 is 2.29 bits per heavy atom. The molecule has 8 nitrogen and oxygen atoms in total. The van der Waals surface area contributed by atoms with E-state index in [4.69, 9.17) is 9.47 Å². The Bertz CT molecular complexity index is 1160. The number of hydrogen-bond donors (Lipinski definition) is 2. The number of aliphatic hydroxyl groups excluding tert-OH is 2. The minimum absolute atomic E-state index is 0.103. The Hall–Kier alpha value is -2.75. The van der Waals surface area contributed by atoms with Gasteiger partial charge in [-0.15, -0.1) is 0 Å². The summed E-state index contributed by atoms with van der Waals surface area (Å²) in [5.41, 5.74) is 0.237. The third kappa shape index (κ3) is 9.53. The van der Waals surface area contributed by atoms with Gasteiger partial charge in [0.15, 0.2) is 9.84 Å². The van der Waals surface area contributed by atoms with Gasteiger partial charge in [0.05, 0.1) is 24.4 Å². The highest BCUT2D eigenvalue weighted by Crippen LogP contribution is 2.36. The smallest absolute Gasteiger partial charge is 0.321 e. The quantitative estimate of drug-likeness (QED) is 0.321. The summed E-state index contributed by atoms with van der Waals surface area (Å²) in [4.78, 5) is 25.2. The van der Waals surface area contributed by atoms with Crippen molar-refractivity contribution in [3.8, 4) is 0 Å². The van der Waals surface area contributed by atoms with Crippen molar-refractivity contribution in [3.63, 3.8) is 0 Å². The van der Waals surface area contributed by atoms with E-state index in [2.05, 4.69) is 0 Å². The molecule has 0 spiro atoms. The predicted molar refractivity (Wildman–Crippen MR) is 145 cm³/mol. The van der Waals surface area contributed by atoms with Crippen LogP contribution in [0.2, 0.25) is 0 Å². The van der Waals surface area contributed by atoms with Crippen LogP contribution in [0.5, 0.6) is 0 Å². The highest BCUT2D eigenvalue weighted by Gasteiger charge is 2.38. The van der Waals surface area contributed by atoms with Crippen LogP contribution < -0.4 is 0 Å². The molecule has 2 rings (SSSR count). The number of carbonyl (C=O) groups is 2. The van der Waals surface area contributed by atoms with E-state index in [1.165, 1.54) is 0 Å². The summed E-state index contributed by atoms with van der Waals surface area (Å²) in [5, 5.41) is 19.5. The van der Waals surface area contributed by atoms with E-state index in [1.54, 1.807) is 38.1 Å². The van der Waals surface area contributed by atoms with Gasteiger partial charge in [0.2, 0.25) is 0 Å². The lowest BCUT2D eigenvalue weighted by Gasteiger charge is -2.31. The van der Waals surface area contributed by atoms with Gasteiger partial charge >= 0.3 is 11.9 Å². The molecule has 0 fully saturated rings. The maximum Gasteiger partial charge on any atom is 0.321 e. The summed E-state index contributed by atoms with van der Waals surface area (Å²) in [6.45, 7) is 6.80. The van der Waals surface area contributed by atoms with Crippen LogP contribution in [0.25, 0.3) is 0 Å². The van der Waals surface area contributed by atoms with Crippen molar-refractivity contribution in [2.75, 3.05) is 24.7 Å². The van der Waals surface area contributed by atoms with Crippen molar-refractivity contribution in [1.82, 2.24) is 0 Å². The molecule has 0 aromatic heterocycles. The molecule has 0 radical (unpaired) electrons. The fourth-order valence-corrected chi connectivity index (χ4v) is 6.34. The average molecular weight is 549 g/mol. The van der Waals surface area contributed by atoms with Crippen LogP contribution in [0.3, 0.4) is 0 Å². The third-order valence-corrected chi connectivity index (χ3v) is 8.43. The second-order valence-electron chi connectivity index (χ2n) is 10.6. The molecular formula is C29H40O8S. The molecule has 2 aromatic carbocycles. The first kappa shape index (κ1) is 31.5. The van der Waals surface area contributed by atoms with Crippen molar-refractivity contribution >= 4 is 21.8 Å². The molecule has 2 unspecified atom stereocenters. The maximum atomic E-state index is 13.5. The monoisotopic (exact) mass is 548 g/mol. The summed E-state index contributed by atoms with van der Waals surface area (Å²) < 4.78 is 35.6. The minimum Gasteiger partial charge on any atom is -0.465 e. The van der Waals surface area contributed by atoms with Crippen LogP contribution in [0, 0.1) is 5.41 Å². The number of aliphatic hydroxyl groups is 2. The van der Waals surface area contributed by atoms with Crippen molar-refractivity contribution in [1.29, 1.82) is 0 Å². The fourth-order valence-electron chi connectivity index (χ4n) is 4.46. The zero-order valence-electron chi connectivity index (χ0n) is 22.7. The Kier molecular flexibility index (Phi) is 11.5. The second-order valence-corrected chi connectivity index (χ2v) is 12.6. The molecule has 210 valence electrons. The lowest BCUT2D eigenvalue weighted by Crippen LogP contribution is -2.35. The van der Waals surface area contributed by atoms with Gasteiger partial charge in [-0.2, -0.15) is 0 Å². The van der Waals surface area contributed by atoms with Crippen LogP contribution in [0.4, 0.5) is 0 Å². The molecule has 0 aliphatic rings. The number of carbonyl (C=O) groups excluding carboxylic acids is 2. The summed E-state index contributed by atoms with van der Waals surface area (Å²) in [5.74, 6) is -2.05. The first-order valence-corrected chi connectivity index (χ1v) is 14.6. The van der Waals surface area contributed by atoms with E-state index < -0.39 is 51.1 Å².